The maximum absolute atomic E-state index is 12.4. The van der Waals surface area contributed by atoms with Crippen molar-refractivity contribution in [3.63, 3.8) is 0 Å². The average Bonchev–Trinajstić information content (AvgIpc) is 2.86. The van der Waals surface area contributed by atoms with Gasteiger partial charge in [-0.25, -0.2) is 4.79 Å². The minimum absolute atomic E-state index is 0.268. The molecule has 0 radical (unpaired) electrons. The van der Waals surface area contributed by atoms with Crippen LogP contribution in [0.3, 0.4) is 0 Å². The van der Waals surface area contributed by atoms with Crippen LogP contribution in [-0.2, 0) is 0 Å². The maximum atomic E-state index is 12.4. The van der Waals surface area contributed by atoms with Crippen molar-refractivity contribution in [1.29, 1.82) is 0 Å². The van der Waals surface area contributed by atoms with Gasteiger partial charge in [-0.15, -0.1) is 0 Å². The number of hydrogen-bond donors (Lipinski definition) is 1. The van der Waals surface area contributed by atoms with Gasteiger partial charge in [0, 0.05) is 23.5 Å². The molecule has 0 saturated heterocycles. The van der Waals surface area contributed by atoms with Crippen LogP contribution < -0.4 is 5.63 Å². The zero-order chi connectivity index (χ0) is 18.8. The van der Waals surface area contributed by atoms with Gasteiger partial charge < -0.3 is 14.1 Å². The molecule has 3 rings (SSSR count). The van der Waals surface area contributed by atoms with E-state index in [1.165, 1.54) is 49.9 Å². The largest absolute Gasteiger partial charge is 0.507 e. The summed E-state index contributed by atoms with van der Waals surface area (Å²) in [5, 5.41) is 9.89. The van der Waals surface area contributed by atoms with E-state index in [9.17, 15) is 14.7 Å². The second kappa shape index (κ2) is 7.36. The molecule has 5 nitrogen and oxygen atoms in total. The Labute approximate surface area is 153 Å². The molecule has 1 fully saturated rings. The van der Waals surface area contributed by atoms with Crippen LogP contribution in [0.25, 0.3) is 6.08 Å². The molecule has 138 valence electrons. The molecule has 0 amide bonds. The van der Waals surface area contributed by atoms with Crippen molar-refractivity contribution in [3.05, 3.63) is 56.9 Å². The van der Waals surface area contributed by atoms with Crippen LogP contribution in [-0.4, -0.2) is 15.5 Å². The van der Waals surface area contributed by atoms with Crippen molar-refractivity contribution >= 4 is 11.9 Å². The number of carbonyl (C=O) groups is 1. The van der Waals surface area contributed by atoms with Gasteiger partial charge in [0.05, 0.1) is 0 Å². The quantitative estimate of drug-likeness (QED) is 0.648. The first-order valence-corrected chi connectivity index (χ1v) is 9.13. The number of carbonyl (C=O) groups excluding carboxylic acids is 1. The Morgan fingerprint density at radius 2 is 1.88 bits per heavy atom. The van der Waals surface area contributed by atoms with E-state index in [1.54, 1.807) is 13.0 Å². The molecule has 1 aliphatic carbocycles. The van der Waals surface area contributed by atoms with Crippen molar-refractivity contribution in [1.82, 2.24) is 4.57 Å². The molecule has 26 heavy (non-hydrogen) atoms. The summed E-state index contributed by atoms with van der Waals surface area (Å²) in [6, 6.07) is 3.86. The summed E-state index contributed by atoms with van der Waals surface area (Å²) in [4.78, 5) is 24.2. The van der Waals surface area contributed by atoms with Gasteiger partial charge in [0.15, 0.2) is 5.78 Å². The predicted molar refractivity (Wildman–Crippen MR) is 101 cm³/mol. The number of aryl methyl sites for hydroxylation is 2. The molecule has 2 aromatic heterocycles. The molecule has 0 bridgehead atoms. The number of hydrogen-bond acceptors (Lipinski definition) is 4. The third kappa shape index (κ3) is 3.52. The smallest absolute Gasteiger partial charge is 0.351 e. The maximum Gasteiger partial charge on any atom is 0.351 e. The number of rotatable bonds is 4. The Bertz CT molecular complexity index is 911. The molecular weight excluding hydrogens is 330 g/mol. The summed E-state index contributed by atoms with van der Waals surface area (Å²) in [6.07, 6.45) is 9.24. The van der Waals surface area contributed by atoms with E-state index < -0.39 is 11.4 Å². The van der Waals surface area contributed by atoms with Gasteiger partial charge in [-0.05, 0) is 57.4 Å². The normalized spacial score (nSPS) is 15.7. The molecule has 5 heteroatoms. The minimum atomic E-state index is -0.815. The molecule has 1 saturated carbocycles. The van der Waals surface area contributed by atoms with E-state index in [4.69, 9.17) is 4.42 Å². The first-order chi connectivity index (χ1) is 12.4. The highest BCUT2D eigenvalue weighted by molar-refractivity contribution is 6.08. The first kappa shape index (κ1) is 18.2. The van der Waals surface area contributed by atoms with Crippen LogP contribution in [0.4, 0.5) is 0 Å². The monoisotopic (exact) mass is 355 g/mol. The zero-order valence-electron chi connectivity index (χ0n) is 15.5. The van der Waals surface area contributed by atoms with Crippen molar-refractivity contribution in [2.75, 3.05) is 0 Å². The third-order valence-corrected chi connectivity index (χ3v) is 5.18. The second-order valence-electron chi connectivity index (χ2n) is 7.09. The number of ketones is 1. The number of aromatic nitrogens is 1. The van der Waals surface area contributed by atoms with Gasteiger partial charge in [0.2, 0.25) is 0 Å². The lowest BCUT2D eigenvalue weighted by Crippen LogP contribution is -2.15. The molecule has 0 spiro atoms. The van der Waals surface area contributed by atoms with Crippen LogP contribution in [0.15, 0.2) is 27.4 Å². The standard InChI is InChI=1S/C21H25NO4/c1-13-11-16(15(3)22(13)17-7-5-4-6-8-17)9-10-18(23)20-19(24)12-14(2)26-21(20)25/h9-12,17,24H,4-8H2,1-3H3/b10-9+. The van der Waals surface area contributed by atoms with Crippen molar-refractivity contribution in [2.45, 2.75) is 58.9 Å². The van der Waals surface area contributed by atoms with Gasteiger partial charge in [-0.2, -0.15) is 0 Å². The molecular formula is C21H25NO4. The van der Waals surface area contributed by atoms with Crippen molar-refractivity contribution < 1.29 is 14.3 Å². The fourth-order valence-electron chi connectivity index (χ4n) is 3.94. The minimum Gasteiger partial charge on any atom is -0.507 e. The van der Waals surface area contributed by atoms with E-state index in [1.807, 2.05) is 0 Å². The second-order valence-corrected chi connectivity index (χ2v) is 7.09. The summed E-state index contributed by atoms with van der Waals surface area (Å²) >= 11 is 0. The fraction of sp³-hybridized carbons (Fsp3) is 0.429. The Morgan fingerprint density at radius 3 is 2.54 bits per heavy atom. The molecule has 1 N–H and O–H groups in total. The van der Waals surface area contributed by atoms with Gasteiger partial charge >= 0.3 is 5.63 Å². The van der Waals surface area contributed by atoms with Gasteiger partial charge in [0.1, 0.15) is 17.1 Å². The third-order valence-electron chi connectivity index (χ3n) is 5.18. The lowest BCUT2D eigenvalue weighted by atomic mass is 9.95. The number of aromatic hydroxyl groups is 1. The predicted octanol–water partition coefficient (Wildman–Crippen LogP) is 4.47. The van der Waals surface area contributed by atoms with Crippen LogP contribution in [0.2, 0.25) is 0 Å². The molecule has 1 aliphatic rings. The van der Waals surface area contributed by atoms with E-state index in [0.717, 1.165) is 11.3 Å². The Balaban J connectivity index is 1.87. The molecule has 2 heterocycles. The summed E-state index contributed by atoms with van der Waals surface area (Å²) in [6.45, 7) is 5.69. The Hall–Kier alpha value is -2.56. The number of allylic oxidation sites excluding steroid dienone is 1. The first-order valence-electron chi connectivity index (χ1n) is 9.13. The molecule has 0 unspecified atom stereocenters. The van der Waals surface area contributed by atoms with Crippen LogP contribution in [0, 0.1) is 20.8 Å². The Kier molecular flexibility index (Phi) is 5.16. The molecule has 0 aromatic carbocycles. The van der Waals surface area contributed by atoms with E-state index >= 15 is 0 Å². The molecule has 2 aromatic rings. The van der Waals surface area contributed by atoms with E-state index in [2.05, 4.69) is 24.5 Å². The van der Waals surface area contributed by atoms with Crippen molar-refractivity contribution in [3.8, 4) is 5.75 Å². The van der Waals surface area contributed by atoms with Crippen LogP contribution >= 0.6 is 0 Å². The van der Waals surface area contributed by atoms with Crippen molar-refractivity contribution in [2.24, 2.45) is 0 Å². The zero-order valence-corrected chi connectivity index (χ0v) is 15.5. The highest BCUT2D eigenvalue weighted by Crippen LogP contribution is 2.32. The lowest BCUT2D eigenvalue weighted by molar-refractivity contribution is 0.104. The average molecular weight is 355 g/mol. The van der Waals surface area contributed by atoms with Crippen LogP contribution in [0.1, 0.15) is 71.2 Å². The van der Waals surface area contributed by atoms with Gasteiger partial charge in [-0.3, -0.25) is 4.79 Å². The number of nitrogens with zero attached hydrogens (tertiary/aromatic N) is 1. The van der Waals surface area contributed by atoms with Gasteiger partial charge in [0.25, 0.3) is 0 Å². The van der Waals surface area contributed by atoms with E-state index in [-0.39, 0.29) is 17.1 Å². The highest BCUT2D eigenvalue weighted by Gasteiger charge is 2.20. The van der Waals surface area contributed by atoms with Gasteiger partial charge in [-0.1, -0.05) is 19.3 Å². The fourth-order valence-corrected chi connectivity index (χ4v) is 3.94. The molecule has 0 aliphatic heterocycles. The SMILES string of the molecule is Cc1cc(O)c(C(=O)/C=C/c2cc(C)n(C3CCCCC3)c2C)c(=O)o1. The van der Waals surface area contributed by atoms with E-state index in [0.29, 0.717) is 6.04 Å². The molecule has 0 atom stereocenters. The summed E-state index contributed by atoms with van der Waals surface area (Å²) in [5.41, 5.74) is 2.12. The highest BCUT2D eigenvalue weighted by atomic mass is 16.4. The lowest BCUT2D eigenvalue weighted by Gasteiger charge is -2.26. The topological polar surface area (TPSA) is 72.4 Å². The van der Waals surface area contributed by atoms with Crippen LogP contribution in [0.5, 0.6) is 5.75 Å². The summed E-state index contributed by atoms with van der Waals surface area (Å²) in [7, 11) is 0. The Morgan fingerprint density at radius 1 is 1.19 bits per heavy atom. The summed E-state index contributed by atoms with van der Waals surface area (Å²) < 4.78 is 7.28. The summed E-state index contributed by atoms with van der Waals surface area (Å²) in [5.74, 6) is -0.635.